The number of nitrogens with two attached hydrogens (primary N) is 1. The van der Waals surface area contributed by atoms with Crippen molar-refractivity contribution >= 4 is 11.4 Å². The third-order valence-corrected chi connectivity index (χ3v) is 4.23. The summed E-state index contributed by atoms with van der Waals surface area (Å²) in [7, 11) is 6.68. The molecule has 0 aliphatic carbocycles. The van der Waals surface area contributed by atoms with Gasteiger partial charge < -0.3 is 29.6 Å². The lowest BCUT2D eigenvalue weighted by molar-refractivity contribution is 0.190. The first-order chi connectivity index (χ1) is 12.7. The minimum atomic E-state index is 0.626. The molecule has 0 amide bonds. The van der Waals surface area contributed by atoms with Crippen molar-refractivity contribution in [1.82, 2.24) is 0 Å². The standard InChI is InChI=1S/C20H28N2O4/c1-23-12-10-22(11-13-24-2)15-8-9-17(21)16(14-15)20-18(25-3)6-5-7-19(20)26-4/h5-9,14H,10-13,21H2,1-4H3. The molecule has 6 heteroatoms. The Kier molecular flexibility index (Phi) is 7.56. The molecule has 0 aliphatic heterocycles. The molecule has 0 aromatic heterocycles. The lowest BCUT2D eigenvalue weighted by atomic mass is 10.0. The van der Waals surface area contributed by atoms with E-state index in [1.165, 1.54) is 0 Å². The molecule has 0 fully saturated rings. The first-order valence-corrected chi connectivity index (χ1v) is 8.50. The predicted octanol–water partition coefficient (Wildman–Crippen LogP) is 3.05. The van der Waals surface area contributed by atoms with Crippen LogP contribution in [0.4, 0.5) is 11.4 Å². The second-order valence-electron chi connectivity index (χ2n) is 5.78. The van der Waals surface area contributed by atoms with Gasteiger partial charge in [-0.05, 0) is 30.3 Å². The molecule has 0 atom stereocenters. The van der Waals surface area contributed by atoms with Gasteiger partial charge in [0.15, 0.2) is 0 Å². The van der Waals surface area contributed by atoms with Crippen LogP contribution in [0, 0.1) is 0 Å². The molecule has 0 heterocycles. The van der Waals surface area contributed by atoms with Crippen LogP contribution in [0.3, 0.4) is 0 Å². The van der Waals surface area contributed by atoms with Gasteiger partial charge in [0.2, 0.25) is 0 Å². The first kappa shape index (κ1) is 19.9. The molecule has 0 aliphatic rings. The molecule has 0 radical (unpaired) electrons. The number of hydrogen-bond acceptors (Lipinski definition) is 6. The Morgan fingerprint density at radius 2 is 1.42 bits per heavy atom. The van der Waals surface area contributed by atoms with Crippen LogP contribution < -0.4 is 20.1 Å². The SMILES string of the molecule is COCCN(CCOC)c1ccc(N)c(-c2c(OC)cccc2OC)c1. The van der Waals surface area contributed by atoms with Gasteiger partial charge in [-0.3, -0.25) is 0 Å². The summed E-state index contributed by atoms with van der Waals surface area (Å²) >= 11 is 0. The highest BCUT2D eigenvalue weighted by atomic mass is 16.5. The number of anilines is 2. The zero-order valence-corrected chi connectivity index (χ0v) is 16.0. The molecule has 142 valence electrons. The molecule has 0 unspecified atom stereocenters. The van der Waals surface area contributed by atoms with Gasteiger partial charge in [0, 0.05) is 44.2 Å². The molecular formula is C20H28N2O4. The second-order valence-corrected chi connectivity index (χ2v) is 5.78. The maximum absolute atomic E-state index is 6.29. The molecule has 0 saturated carbocycles. The Bertz CT molecular complexity index is 676. The normalized spacial score (nSPS) is 10.6. The molecular weight excluding hydrogens is 332 g/mol. The van der Waals surface area contributed by atoms with Crippen molar-refractivity contribution in [2.45, 2.75) is 0 Å². The quantitative estimate of drug-likeness (QED) is 0.657. The maximum Gasteiger partial charge on any atom is 0.130 e. The largest absolute Gasteiger partial charge is 0.496 e. The Morgan fingerprint density at radius 3 is 1.92 bits per heavy atom. The fraction of sp³-hybridized carbons (Fsp3) is 0.400. The van der Waals surface area contributed by atoms with Gasteiger partial charge in [-0.15, -0.1) is 0 Å². The molecule has 2 rings (SSSR count). The highest BCUT2D eigenvalue weighted by Crippen LogP contribution is 2.42. The summed E-state index contributed by atoms with van der Waals surface area (Å²) in [5, 5.41) is 0. The Hall–Kier alpha value is -2.44. The van der Waals surface area contributed by atoms with E-state index in [1.54, 1.807) is 28.4 Å². The number of nitrogen functional groups attached to an aromatic ring is 1. The molecule has 6 nitrogen and oxygen atoms in total. The minimum absolute atomic E-state index is 0.626. The van der Waals surface area contributed by atoms with Crippen LogP contribution in [0.2, 0.25) is 0 Å². The molecule has 26 heavy (non-hydrogen) atoms. The van der Waals surface area contributed by atoms with E-state index in [2.05, 4.69) is 11.0 Å². The Morgan fingerprint density at radius 1 is 0.846 bits per heavy atom. The zero-order chi connectivity index (χ0) is 18.9. The summed E-state index contributed by atoms with van der Waals surface area (Å²) in [6.07, 6.45) is 0. The van der Waals surface area contributed by atoms with Crippen molar-refractivity contribution in [2.75, 3.05) is 65.4 Å². The van der Waals surface area contributed by atoms with E-state index < -0.39 is 0 Å². The van der Waals surface area contributed by atoms with Gasteiger partial charge in [0.05, 0.1) is 33.0 Å². The summed E-state index contributed by atoms with van der Waals surface area (Å²) in [5.41, 5.74) is 9.71. The lowest BCUT2D eigenvalue weighted by Gasteiger charge is -2.25. The summed E-state index contributed by atoms with van der Waals surface area (Å²) in [5.74, 6) is 1.43. The number of methoxy groups -OCH3 is 4. The smallest absolute Gasteiger partial charge is 0.130 e. The van der Waals surface area contributed by atoms with Crippen LogP contribution in [0.25, 0.3) is 11.1 Å². The third kappa shape index (κ3) is 4.59. The van der Waals surface area contributed by atoms with Gasteiger partial charge in [-0.1, -0.05) is 6.07 Å². The number of ether oxygens (including phenoxy) is 4. The molecule has 0 spiro atoms. The van der Waals surface area contributed by atoms with Crippen LogP contribution in [-0.2, 0) is 9.47 Å². The van der Waals surface area contributed by atoms with Crippen molar-refractivity contribution in [1.29, 1.82) is 0 Å². The van der Waals surface area contributed by atoms with Crippen molar-refractivity contribution in [3.8, 4) is 22.6 Å². The van der Waals surface area contributed by atoms with Gasteiger partial charge in [0.25, 0.3) is 0 Å². The number of rotatable bonds is 10. The lowest BCUT2D eigenvalue weighted by Crippen LogP contribution is -2.30. The van der Waals surface area contributed by atoms with Gasteiger partial charge in [0.1, 0.15) is 11.5 Å². The molecule has 2 aromatic carbocycles. The zero-order valence-electron chi connectivity index (χ0n) is 16.0. The van der Waals surface area contributed by atoms with E-state index in [1.807, 2.05) is 30.3 Å². The number of hydrogen-bond donors (Lipinski definition) is 1. The Labute approximate surface area is 155 Å². The summed E-state index contributed by atoms with van der Waals surface area (Å²) in [6, 6.07) is 11.7. The van der Waals surface area contributed by atoms with Crippen LogP contribution >= 0.6 is 0 Å². The van der Waals surface area contributed by atoms with E-state index >= 15 is 0 Å². The summed E-state index contributed by atoms with van der Waals surface area (Å²) in [6.45, 7) is 2.77. The second kappa shape index (κ2) is 9.89. The van der Waals surface area contributed by atoms with Crippen molar-refractivity contribution in [3.05, 3.63) is 36.4 Å². The van der Waals surface area contributed by atoms with Crippen LogP contribution in [0.15, 0.2) is 36.4 Å². The van der Waals surface area contributed by atoms with Gasteiger partial charge in [-0.25, -0.2) is 0 Å². The topological polar surface area (TPSA) is 66.2 Å². The molecule has 0 saturated heterocycles. The third-order valence-electron chi connectivity index (χ3n) is 4.23. The molecule has 2 aromatic rings. The van der Waals surface area contributed by atoms with Crippen molar-refractivity contribution < 1.29 is 18.9 Å². The average Bonchev–Trinajstić information content (AvgIpc) is 2.68. The maximum atomic E-state index is 6.29. The van der Waals surface area contributed by atoms with Crippen LogP contribution in [-0.4, -0.2) is 54.7 Å². The van der Waals surface area contributed by atoms with Crippen LogP contribution in [0.5, 0.6) is 11.5 Å². The summed E-state index contributed by atoms with van der Waals surface area (Å²) in [4.78, 5) is 2.21. The highest BCUT2D eigenvalue weighted by Gasteiger charge is 2.17. The van der Waals surface area contributed by atoms with Crippen molar-refractivity contribution in [2.24, 2.45) is 0 Å². The fourth-order valence-electron chi connectivity index (χ4n) is 2.85. The number of nitrogens with zero attached hydrogens (tertiary/aromatic N) is 1. The van der Waals surface area contributed by atoms with Gasteiger partial charge in [-0.2, -0.15) is 0 Å². The van der Waals surface area contributed by atoms with E-state index in [9.17, 15) is 0 Å². The summed E-state index contributed by atoms with van der Waals surface area (Å²) < 4.78 is 21.6. The molecule has 2 N–H and O–H groups in total. The highest BCUT2D eigenvalue weighted by molar-refractivity contribution is 5.87. The predicted molar refractivity (Wildman–Crippen MR) is 105 cm³/mol. The Balaban J connectivity index is 2.49. The van der Waals surface area contributed by atoms with E-state index in [-0.39, 0.29) is 0 Å². The number of benzene rings is 2. The van der Waals surface area contributed by atoms with Crippen molar-refractivity contribution in [3.63, 3.8) is 0 Å². The van der Waals surface area contributed by atoms with E-state index in [0.717, 1.165) is 29.9 Å². The average molecular weight is 360 g/mol. The minimum Gasteiger partial charge on any atom is -0.496 e. The van der Waals surface area contributed by atoms with Crippen LogP contribution in [0.1, 0.15) is 0 Å². The van der Waals surface area contributed by atoms with E-state index in [4.69, 9.17) is 24.7 Å². The monoisotopic (exact) mass is 360 g/mol. The van der Waals surface area contributed by atoms with Gasteiger partial charge >= 0.3 is 0 Å². The first-order valence-electron chi connectivity index (χ1n) is 8.50. The molecule has 0 bridgehead atoms. The fourth-order valence-corrected chi connectivity index (χ4v) is 2.85. The van der Waals surface area contributed by atoms with E-state index in [0.29, 0.717) is 30.4 Å².